The summed E-state index contributed by atoms with van der Waals surface area (Å²) in [6.45, 7) is 9.42. The lowest BCUT2D eigenvalue weighted by atomic mass is 9.94. The number of nitrogens with zero attached hydrogens (tertiary/aromatic N) is 2. The summed E-state index contributed by atoms with van der Waals surface area (Å²) in [4.78, 5) is 10.6. The standard InChI is InChI=1S/C22H35N5/c1-4-23-22(24-11-7-18-9-13-27(3)14-10-18)25-12-8-19-16-26-21-15-17(2)5-6-20(19)21/h5-6,15-16,18,26H,4,7-14H2,1-3H3,(H2,23,24,25). The molecular weight excluding hydrogens is 334 g/mol. The van der Waals surface area contributed by atoms with E-state index < -0.39 is 0 Å². The van der Waals surface area contributed by atoms with Crippen LogP contribution < -0.4 is 10.6 Å². The number of piperidine rings is 1. The van der Waals surface area contributed by atoms with Gasteiger partial charge in [-0.05, 0) is 82.8 Å². The molecule has 0 bridgehead atoms. The van der Waals surface area contributed by atoms with Crippen LogP contribution in [-0.2, 0) is 6.42 Å². The predicted octanol–water partition coefficient (Wildman–Crippen LogP) is 3.31. The molecular formula is C22H35N5. The van der Waals surface area contributed by atoms with E-state index in [4.69, 9.17) is 4.99 Å². The van der Waals surface area contributed by atoms with E-state index in [9.17, 15) is 0 Å². The fourth-order valence-electron chi connectivity index (χ4n) is 3.87. The summed E-state index contributed by atoms with van der Waals surface area (Å²) in [5.74, 6) is 1.78. The van der Waals surface area contributed by atoms with E-state index in [2.05, 4.69) is 65.8 Å². The lowest BCUT2D eigenvalue weighted by molar-refractivity contribution is 0.214. The van der Waals surface area contributed by atoms with E-state index in [1.165, 1.54) is 54.4 Å². The maximum atomic E-state index is 4.79. The summed E-state index contributed by atoms with van der Waals surface area (Å²) in [5.41, 5.74) is 3.88. The van der Waals surface area contributed by atoms with Crippen LogP contribution in [0, 0.1) is 12.8 Å². The number of hydrogen-bond donors (Lipinski definition) is 3. The second-order valence-corrected chi connectivity index (χ2v) is 7.84. The highest BCUT2D eigenvalue weighted by Crippen LogP contribution is 2.20. The highest BCUT2D eigenvalue weighted by Gasteiger charge is 2.15. The molecule has 3 N–H and O–H groups in total. The van der Waals surface area contributed by atoms with E-state index in [1.807, 2.05) is 0 Å². The SMILES string of the molecule is CCNC(=NCCC1CCN(C)CC1)NCCc1c[nH]c2cc(C)ccc12. The summed E-state index contributed by atoms with van der Waals surface area (Å²) in [5, 5.41) is 8.20. The Kier molecular flexibility index (Phi) is 7.16. The summed E-state index contributed by atoms with van der Waals surface area (Å²) in [6.07, 6.45) is 6.96. The van der Waals surface area contributed by atoms with Gasteiger partial charge < -0.3 is 20.5 Å². The second-order valence-electron chi connectivity index (χ2n) is 7.84. The number of likely N-dealkylation sites (tertiary alicyclic amines) is 1. The van der Waals surface area contributed by atoms with Gasteiger partial charge >= 0.3 is 0 Å². The second kappa shape index (κ2) is 9.79. The molecule has 5 nitrogen and oxygen atoms in total. The highest BCUT2D eigenvalue weighted by atomic mass is 15.2. The Morgan fingerprint density at radius 3 is 2.85 bits per heavy atom. The normalized spacial score (nSPS) is 16.8. The van der Waals surface area contributed by atoms with Gasteiger partial charge in [0.25, 0.3) is 0 Å². The van der Waals surface area contributed by atoms with Crippen molar-refractivity contribution in [2.45, 2.75) is 39.5 Å². The van der Waals surface area contributed by atoms with Gasteiger partial charge in [-0.3, -0.25) is 4.99 Å². The number of aryl methyl sites for hydroxylation is 1. The van der Waals surface area contributed by atoms with Crippen LogP contribution in [0.3, 0.4) is 0 Å². The van der Waals surface area contributed by atoms with Crippen LogP contribution in [0.5, 0.6) is 0 Å². The molecule has 1 aliphatic heterocycles. The van der Waals surface area contributed by atoms with Gasteiger partial charge in [-0.1, -0.05) is 12.1 Å². The first-order valence-corrected chi connectivity index (χ1v) is 10.4. The minimum absolute atomic E-state index is 0.836. The molecule has 0 radical (unpaired) electrons. The van der Waals surface area contributed by atoms with E-state index in [1.54, 1.807) is 0 Å². The largest absolute Gasteiger partial charge is 0.361 e. The molecule has 0 aliphatic carbocycles. The number of aliphatic imine (C=N–C) groups is 1. The van der Waals surface area contributed by atoms with Gasteiger partial charge in [0.15, 0.2) is 5.96 Å². The summed E-state index contributed by atoms with van der Waals surface area (Å²) in [6, 6.07) is 6.61. The molecule has 5 heteroatoms. The minimum atomic E-state index is 0.836. The first-order chi connectivity index (χ1) is 13.2. The monoisotopic (exact) mass is 369 g/mol. The molecule has 1 fully saturated rings. The topological polar surface area (TPSA) is 55.5 Å². The average molecular weight is 370 g/mol. The number of aromatic nitrogens is 1. The maximum absolute atomic E-state index is 4.79. The van der Waals surface area contributed by atoms with Crippen molar-refractivity contribution < 1.29 is 0 Å². The number of aromatic amines is 1. The molecule has 1 aromatic heterocycles. The number of benzene rings is 1. The van der Waals surface area contributed by atoms with Crippen molar-refractivity contribution in [3.63, 3.8) is 0 Å². The Balaban J connectivity index is 1.47. The van der Waals surface area contributed by atoms with Gasteiger partial charge in [0.05, 0.1) is 0 Å². The third kappa shape index (κ3) is 5.73. The lowest BCUT2D eigenvalue weighted by Crippen LogP contribution is -2.38. The number of rotatable bonds is 7. The summed E-state index contributed by atoms with van der Waals surface area (Å²) >= 11 is 0. The van der Waals surface area contributed by atoms with Crippen LogP contribution in [0.2, 0.25) is 0 Å². The number of fused-ring (bicyclic) bond motifs is 1. The molecule has 148 valence electrons. The van der Waals surface area contributed by atoms with Gasteiger partial charge in [-0.25, -0.2) is 0 Å². The van der Waals surface area contributed by atoms with Crippen molar-refractivity contribution in [1.82, 2.24) is 20.5 Å². The van der Waals surface area contributed by atoms with E-state index in [0.717, 1.165) is 37.9 Å². The van der Waals surface area contributed by atoms with Crippen LogP contribution in [0.4, 0.5) is 0 Å². The van der Waals surface area contributed by atoms with Crippen molar-refractivity contribution in [2.24, 2.45) is 10.9 Å². The molecule has 2 heterocycles. The van der Waals surface area contributed by atoms with Gasteiger partial charge in [0, 0.05) is 36.7 Å². The van der Waals surface area contributed by atoms with Crippen LogP contribution in [0.25, 0.3) is 10.9 Å². The molecule has 2 aromatic rings. The van der Waals surface area contributed by atoms with Crippen LogP contribution in [0.15, 0.2) is 29.4 Å². The average Bonchev–Trinajstić information content (AvgIpc) is 3.05. The Morgan fingerprint density at radius 2 is 2.07 bits per heavy atom. The van der Waals surface area contributed by atoms with Crippen molar-refractivity contribution >= 4 is 16.9 Å². The minimum Gasteiger partial charge on any atom is -0.361 e. The van der Waals surface area contributed by atoms with Crippen LogP contribution >= 0.6 is 0 Å². The Bertz CT molecular complexity index is 740. The van der Waals surface area contributed by atoms with Crippen molar-refractivity contribution in [3.05, 3.63) is 35.5 Å². The molecule has 1 aromatic carbocycles. The Labute approximate surface area is 163 Å². The molecule has 0 spiro atoms. The van der Waals surface area contributed by atoms with Crippen molar-refractivity contribution in [2.75, 3.05) is 39.8 Å². The summed E-state index contributed by atoms with van der Waals surface area (Å²) in [7, 11) is 2.22. The molecule has 3 rings (SSSR count). The maximum Gasteiger partial charge on any atom is 0.191 e. The molecule has 27 heavy (non-hydrogen) atoms. The van der Waals surface area contributed by atoms with Gasteiger partial charge in [-0.15, -0.1) is 0 Å². The highest BCUT2D eigenvalue weighted by molar-refractivity contribution is 5.84. The fourth-order valence-corrected chi connectivity index (χ4v) is 3.87. The third-order valence-electron chi connectivity index (χ3n) is 5.60. The molecule has 0 amide bonds. The Hall–Kier alpha value is -2.01. The lowest BCUT2D eigenvalue weighted by Gasteiger charge is -2.28. The third-order valence-corrected chi connectivity index (χ3v) is 5.60. The van der Waals surface area contributed by atoms with Crippen LogP contribution in [0.1, 0.15) is 37.3 Å². The molecule has 0 saturated carbocycles. The van der Waals surface area contributed by atoms with Gasteiger partial charge in [-0.2, -0.15) is 0 Å². The zero-order valence-corrected chi connectivity index (χ0v) is 17.1. The number of nitrogens with one attached hydrogen (secondary N) is 3. The van der Waals surface area contributed by atoms with E-state index in [0.29, 0.717) is 0 Å². The quantitative estimate of drug-likeness (QED) is 0.518. The molecule has 0 atom stereocenters. The van der Waals surface area contributed by atoms with Gasteiger partial charge in [0.1, 0.15) is 0 Å². The van der Waals surface area contributed by atoms with Crippen molar-refractivity contribution in [3.8, 4) is 0 Å². The van der Waals surface area contributed by atoms with Crippen LogP contribution in [-0.4, -0.2) is 55.6 Å². The van der Waals surface area contributed by atoms with Crippen molar-refractivity contribution in [1.29, 1.82) is 0 Å². The predicted molar refractivity (Wildman–Crippen MR) is 116 cm³/mol. The first kappa shape index (κ1) is 19.7. The number of H-pyrrole nitrogens is 1. The number of hydrogen-bond acceptors (Lipinski definition) is 2. The van der Waals surface area contributed by atoms with E-state index in [-0.39, 0.29) is 0 Å². The summed E-state index contributed by atoms with van der Waals surface area (Å²) < 4.78 is 0. The zero-order valence-electron chi connectivity index (χ0n) is 17.1. The fraction of sp³-hybridized carbons (Fsp3) is 0.591. The molecule has 1 saturated heterocycles. The van der Waals surface area contributed by atoms with Gasteiger partial charge in [0.2, 0.25) is 0 Å². The zero-order chi connectivity index (χ0) is 19.1. The molecule has 1 aliphatic rings. The molecule has 0 unspecified atom stereocenters. The smallest absolute Gasteiger partial charge is 0.191 e. The Morgan fingerprint density at radius 1 is 1.26 bits per heavy atom. The number of guanidine groups is 1. The first-order valence-electron chi connectivity index (χ1n) is 10.4. The van der Waals surface area contributed by atoms with E-state index >= 15 is 0 Å².